The number of hydrazone groups is 1. The molecule has 1 amide bonds. The highest BCUT2D eigenvalue weighted by atomic mass is 35.5. The van der Waals surface area contributed by atoms with Crippen LogP contribution in [0.5, 0.6) is 5.75 Å². The van der Waals surface area contributed by atoms with Crippen LogP contribution >= 0.6 is 23.2 Å². The van der Waals surface area contributed by atoms with Gasteiger partial charge in [0.05, 0.1) is 16.3 Å². The van der Waals surface area contributed by atoms with Crippen LogP contribution in [-0.4, -0.2) is 17.2 Å². The maximum Gasteiger partial charge on any atom is 0.271 e. The second-order valence-corrected chi connectivity index (χ2v) is 5.86. The first-order chi connectivity index (χ1) is 11.6. The molecule has 0 bridgehead atoms. The van der Waals surface area contributed by atoms with E-state index in [4.69, 9.17) is 23.2 Å². The monoisotopic (exact) mass is 358 g/mol. The number of hydrogen-bond acceptors (Lipinski definition) is 3. The first-order valence-electron chi connectivity index (χ1n) is 7.05. The molecule has 4 nitrogen and oxygen atoms in total. The van der Waals surface area contributed by atoms with Crippen molar-refractivity contribution in [3.8, 4) is 5.75 Å². The van der Waals surface area contributed by atoms with Crippen LogP contribution in [0.15, 0.2) is 59.7 Å². The molecule has 0 unspecified atom stereocenters. The maximum atomic E-state index is 12.1. The number of nitrogens with one attached hydrogen (secondary N) is 1. The summed E-state index contributed by atoms with van der Waals surface area (Å²) in [5.74, 6) is -0.342. The minimum Gasteiger partial charge on any atom is -0.507 e. The number of nitrogens with zero attached hydrogens (tertiary/aromatic N) is 1. The van der Waals surface area contributed by atoms with Crippen LogP contribution in [0.25, 0.3) is 10.8 Å². The van der Waals surface area contributed by atoms with E-state index in [9.17, 15) is 9.90 Å². The van der Waals surface area contributed by atoms with E-state index < -0.39 is 5.91 Å². The van der Waals surface area contributed by atoms with Crippen molar-refractivity contribution < 1.29 is 9.90 Å². The molecule has 3 aromatic rings. The molecule has 0 aliphatic heterocycles. The summed E-state index contributed by atoms with van der Waals surface area (Å²) in [4.78, 5) is 12.1. The van der Waals surface area contributed by atoms with Gasteiger partial charge in [0.2, 0.25) is 0 Å². The Labute approximate surface area is 148 Å². The van der Waals surface area contributed by atoms with Gasteiger partial charge in [-0.15, -0.1) is 0 Å². The van der Waals surface area contributed by atoms with Gasteiger partial charge in [0.15, 0.2) is 0 Å². The Morgan fingerprint density at radius 2 is 1.83 bits per heavy atom. The Hall–Kier alpha value is -2.56. The van der Waals surface area contributed by atoms with Crippen LogP contribution in [-0.2, 0) is 0 Å². The van der Waals surface area contributed by atoms with Gasteiger partial charge in [-0.1, -0.05) is 53.5 Å². The zero-order valence-electron chi connectivity index (χ0n) is 12.3. The van der Waals surface area contributed by atoms with Crippen LogP contribution in [0.4, 0.5) is 0 Å². The van der Waals surface area contributed by atoms with Gasteiger partial charge in [0.25, 0.3) is 5.91 Å². The first-order valence-corrected chi connectivity index (χ1v) is 7.81. The predicted octanol–water partition coefficient (Wildman–Crippen LogP) is 4.62. The third kappa shape index (κ3) is 3.35. The van der Waals surface area contributed by atoms with Crippen molar-refractivity contribution >= 4 is 46.1 Å². The lowest BCUT2D eigenvalue weighted by Gasteiger charge is -2.05. The number of fused-ring (bicyclic) bond motifs is 1. The molecule has 3 aromatic carbocycles. The highest BCUT2D eigenvalue weighted by Gasteiger charge is 2.08. The minimum absolute atomic E-state index is 0.0845. The SMILES string of the molecule is O=C(NN=Cc1c(O)ccc2ccccc12)c1ccc(Cl)c(Cl)c1. The fraction of sp³-hybridized carbons (Fsp3) is 0. The Balaban J connectivity index is 1.83. The minimum atomic E-state index is -0.426. The average Bonchev–Trinajstić information content (AvgIpc) is 2.59. The second-order valence-electron chi connectivity index (χ2n) is 5.05. The first kappa shape index (κ1) is 16.3. The number of aromatic hydroxyl groups is 1. The van der Waals surface area contributed by atoms with Crippen molar-refractivity contribution in [2.24, 2.45) is 5.10 Å². The second kappa shape index (κ2) is 6.91. The summed E-state index contributed by atoms with van der Waals surface area (Å²) in [7, 11) is 0. The smallest absolute Gasteiger partial charge is 0.271 e. The van der Waals surface area contributed by atoms with E-state index in [0.29, 0.717) is 21.2 Å². The van der Waals surface area contributed by atoms with Gasteiger partial charge in [-0.05, 0) is 35.0 Å². The molecule has 2 N–H and O–H groups in total. The summed E-state index contributed by atoms with van der Waals surface area (Å²) in [5, 5.41) is 16.4. The van der Waals surface area contributed by atoms with Gasteiger partial charge in [-0.2, -0.15) is 5.10 Å². The molecule has 3 rings (SSSR count). The molecule has 0 saturated heterocycles. The molecule has 0 aliphatic carbocycles. The number of phenolic OH excluding ortho intramolecular Hbond substituents is 1. The van der Waals surface area contributed by atoms with Crippen molar-refractivity contribution in [1.29, 1.82) is 0 Å². The fourth-order valence-corrected chi connectivity index (χ4v) is 2.58. The predicted molar refractivity (Wildman–Crippen MR) is 97.1 cm³/mol. The standard InChI is InChI=1S/C18H12Cl2N2O2/c19-15-7-5-12(9-16(15)20)18(24)22-21-10-14-13-4-2-1-3-11(13)6-8-17(14)23/h1-10,23H,(H,22,24). The zero-order chi connectivity index (χ0) is 17.1. The molecule has 0 saturated carbocycles. The van der Waals surface area contributed by atoms with Crippen molar-refractivity contribution in [3.63, 3.8) is 0 Å². The number of hydrogen-bond donors (Lipinski definition) is 2. The van der Waals surface area contributed by atoms with E-state index in [1.54, 1.807) is 18.2 Å². The maximum absolute atomic E-state index is 12.1. The molecule has 6 heteroatoms. The normalized spacial score (nSPS) is 11.1. The van der Waals surface area contributed by atoms with Crippen molar-refractivity contribution in [3.05, 3.63) is 75.8 Å². The van der Waals surface area contributed by atoms with Gasteiger partial charge in [0.1, 0.15) is 5.75 Å². The number of rotatable bonds is 3. The summed E-state index contributed by atoms with van der Waals surface area (Å²) < 4.78 is 0. The topological polar surface area (TPSA) is 61.7 Å². The number of halogens is 2. The molecular formula is C18H12Cl2N2O2. The van der Waals surface area contributed by atoms with Crippen molar-refractivity contribution in [2.45, 2.75) is 0 Å². The summed E-state index contributed by atoms with van der Waals surface area (Å²) >= 11 is 11.7. The molecule has 0 atom stereocenters. The number of phenols is 1. The van der Waals surface area contributed by atoms with Crippen LogP contribution < -0.4 is 5.43 Å². The molecule has 0 heterocycles. The Bertz CT molecular complexity index is 955. The number of carbonyl (C=O) groups is 1. The van der Waals surface area contributed by atoms with E-state index in [1.165, 1.54) is 12.3 Å². The molecular weight excluding hydrogens is 347 g/mol. The van der Waals surface area contributed by atoms with Gasteiger partial charge >= 0.3 is 0 Å². The number of benzene rings is 3. The molecule has 0 aliphatic rings. The third-order valence-electron chi connectivity index (χ3n) is 3.49. The largest absolute Gasteiger partial charge is 0.507 e. The lowest BCUT2D eigenvalue weighted by atomic mass is 10.0. The Morgan fingerprint density at radius 3 is 2.62 bits per heavy atom. The number of amides is 1. The molecule has 0 fully saturated rings. The lowest BCUT2D eigenvalue weighted by Crippen LogP contribution is -2.17. The van der Waals surface area contributed by atoms with Crippen LogP contribution in [0, 0.1) is 0 Å². The lowest BCUT2D eigenvalue weighted by molar-refractivity contribution is 0.0955. The van der Waals surface area contributed by atoms with Gasteiger partial charge in [-0.3, -0.25) is 4.79 Å². The van der Waals surface area contributed by atoms with E-state index >= 15 is 0 Å². The molecule has 24 heavy (non-hydrogen) atoms. The number of carbonyl (C=O) groups excluding carboxylic acids is 1. The van der Waals surface area contributed by atoms with Crippen LogP contribution in [0.2, 0.25) is 10.0 Å². The highest BCUT2D eigenvalue weighted by Crippen LogP contribution is 2.25. The summed E-state index contributed by atoms with van der Waals surface area (Å²) in [6.07, 6.45) is 1.41. The van der Waals surface area contributed by atoms with Gasteiger partial charge in [0, 0.05) is 11.1 Å². The van der Waals surface area contributed by atoms with E-state index in [-0.39, 0.29) is 5.75 Å². The molecule has 0 radical (unpaired) electrons. The zero-order valence-corrected chi connectivity index (χ0v) is 13.8. The highest BCUT2D eigenvalue weighted by molar-refractivity contribution is 6.42. The quantitative estimate of drug-likeness (QED) is 0.530. The van der Waals surface area contributed by atoms with Gasteiger partial charge in [-0.25, -0.2) is 5.43 Å². The summed E-state index contributed by atoms with van der Waals surface area (Å²) in [6, 6.07) is 15.5. The van der Waals surface area contributed by atoms with E-state index in [0.717, 1.165) is 10.8 Å². The van der Waals surface area contributed by atoms with Crippen molar-refractivity contribution in [2.75, 3.05) is 0 Å². The van der Waals surface area contributed by atoms with Crippen LogP contribution in [0.3, 0.4) is 0 Å². The van der Waals surface area contributed by atoms with E-state index in [1.807, 2.05) is 30.3 Å². The van der Waals surface area contributed by atoms with Crippen molar-refractivity contribution in [1.82, 2.24) is 5.43 Å². The molecule has 120 valence electrons. The van der Waals surface area contributed by atoms with Gasteiger partial charge < -0.3 is 5.11 Å². The average molecular weight is 359 g/mol. The summed E-state index contributed by atoms with van der Waals surface area (Å²) in [5.41, 5.74) is 3.27. The van der Waals surface area contributed by atoms with Crippen LogP contribution in [0.1, 0.15) is 15.9 Å². The molecule has 0 aromatic heterocycles. The third-order valence-corrected chi connectivity index (χ3v) is 4.23. The Morgan fingerprint density at radius 1 is 1.04 bits per heavy atom. The molecule has 0 spiro atoms. The van der Waals surface area contributed by atoms with E-state index in [2.05, 4.69) is 10.5 Å². The fourth-order valence-electron chi connectivity index (χ4n) is 2.28. The summed E-state index contributed by atoms with van der Waals surface area (Å²) in [6.45, 7) is 0. The Kier molecular flexibility index (Phi) is 4.69.